The van der Waals surface area contributed by atoms with E-state index in [0.29, 0.717) is 0 Å². The zero-order chi connectivity index (χ0) is 15.1. The maximum Gasteiger partial charge on any atom is 0.128 e. The Morgan fingerprint density at radius 1 is 1.29 bits per heavy atom. The number of aromatic nitrogens is 1. The molecule has 5 heteroatoms. The van der Waals surface area contributed by atoms with Crippen LogP contribution in [0.3, 0.4) is 0 Å². The number of ether oxygens (including phenoxy) is 1. The Morgan fingerprint density at radius 2 is 2.00 bits per heavy atom. The van der Waals surface area contributed by atoms with Gasteiger partial charge in [-0.15, -0.1) is 0 Å². The highest BCUT2D eigenvalue weighted by Gasteiger charge is 2.24. The monoisotopic (exact) mass is 293 g/mol. The second kappa shape index (κ2) is 7.61. The molecule has 0 atom stereocenters. The summed E-state index contributed by atoms with van der Waals surface area (Å²) in [5.74, 6) is 1.00. The van der Waals surface area contributed by atoms with Crippen LogP contribution in [0.25, 0.3) is 0 Å². The number of hydrogen-bond donors (Lipinski definition) is 2. The Balaban J connectivity index is 1.92. The fourth-order valence-corrected chi connectivity index (χ4v) is 2.54. The van der Waals surface area contributed by atoms with Crippen molar-refractivity contribution in [2.45, 2.75) is 26.7 Å². The minimum absolute atomic E-state index is 0.0388. The second-order valence-electron chi connectivity index (χ2n) is 5.72. The van der Waals surface area contributed by atoms with Crippen molar-refractivity contribution >= 4 is 11.5 Å². The first kappa shape index (κ1) is 16.0. The number of aliphatic hydroxyl groups excluding tert-OH is 1. The fraction of sp³-hybridized carbons (Fsp3) is 0.688. The Bertz CT molecular complexity index is 404. The van der Waals surface area contributed by atoms with Crippen LogP contribution in [-0.4, -0.2) is 49.5 Å². The van der Waals surface area contributed by atoms with Crippen molar-refractivity contribution in [3.8, 4) is 0 Å². The Labute approximate surface area is 127 Å². The molecule has 1 saturated heterocycles. The number of rotatable bonds is 7. The zero-order valence-electron chi connectivity index (χ0n) is 13.1. The average molecular weight is 293 g/mol. The predicted octanol–water partition coefficient (Wildman–Crippen LogP) is 2.13. The van der Waals surface area contributed by atoms with Crippen molar-refractivity contribution in [2.75, 3.05) is 49.7 Å². The van der Waals surface area contributed by atoms with E-state index in [9.17, 15) is 5.11 Å². The summed E-state index contributed by atoms with van der Waals surface area (Å²) in [6, 6.07) is 4.11. The van der Waals surface area contributed by atoms with E-state index < -0.39 is 0 Å². The summed E-state index contributed by atoms with van der Waals surface area (Å²) in [4.78, 5) is 6.77. The van der Waals surface area contributed by atoms with Gasteiger partial charge >= 0.3 is 0 Å². The molecule has 1 aromatic rings. The molecule has 118 valence electrons. The molecule has 2 N–H and O–H groups in total. The van der Waals surface area contributed by atoms with Crippen molar-refractivity contribution < 1.29 is 9.84 Å². The number of anilines is 2. The molecule has 0 radical (unpaired) electrons. The molecular weight excluding hydrogens is 266 g/mol. The quantitative estimate of drug-likeness (QED) is 0.806. The highest BCUT2D eigenvalue weighted by molar-refractivity contribution is 5.48. The molecule has 1 aliphatic rings. The molecule has 0 spiro atoms. The Morgan fingerprint density at radius 3 is 2.52 bits per heavy atom. The molecule has 5 nitrogen and oxygen atoms in total. The van der Waals surface area contributed by atoms with Crippen LogP contribution in [0.4, 0.5) is 11.5 Å². The summed E-state index contributed by atoms with van der Waals surface area (Å²) >= 11 is 0. The standard InChI is InChI=1S/C16H27N3O2/c1-3-16(4-2,13-20)12-18-14-5-6-15(17-11-14)19-7-9-21-10-8-19/h5-6,11,18,20H,3-4,7-10,12-13H2,1-2H3. The normalized spacial score (nSPS) is 16.0. The summed E-state index contributed by atoms with van der Waals surface area (Å²) in [5, 5.41) is 13.0. The highest BCUT2D eigenvalue weighted by Crippen LogP contribution is 2.26. The number of nitrogens with zero attached hydrogens (tertiary/aromatic N) is 2. The predicted molar refractivity (Wildman–Crippen MR) is 85.9 cm³/mol. The van der Waals surface area contributed by atoms with Gasteiger partial charge in [-0.3, -0.25) is 0 Å². The van der Waals surface area contributed by atoms with Crippen LogP contribution in [0.5, 0.6) is 0 Å². The Hall–Kier alpha value is -1.33. The summed E-state index contributed by atoms with van der Waals surface area (Å²) < 4.78 is 5.35. The number of aliphatic hydroxyl groups is 1. The average Bonchev–Trinajstić information content (AvgIpc) is 2.58. The second-order valence-corrected chi connectivity index (χ2v) is 5.72. The molecule has 0 saturated carbocycles. The van der Waals surface area contributed by atoms with Crippen molar-refractivity contribution in [2.24, 2.45) is 5.41 Å². The van der Waals surface area contributed by atoms with E-state index in [4.69, 9.17) is 4.74 Å². The van der Waals surface area contributed by atoms with Gasteiger partial charge in [0.2, 0.25) is 0 Å². The number of pyridine rings is 1. The van der Waals surface area contributed by atoms with Crippen LogP contribution in [-0.2, 0) is 4.74 Å². The van der Waals surface area contributed by atoms with Crippen LogP contribution in [0.1, 0.15) is 26.7 Å². The number of morpholine rings is 1. The summed E-state index contributed by atoms with van der Waals surface area (Å²) in [6.45, 7) is 8.59. The van der Waals surface area contributed by atoms with Crippen LogP contribution < -0.4 is 10.2 Å². The minimum atomic E-state index is -0.0388. The van der Waals surface area contributed by atoms with Crippen LogP contribution in [0.2, 0.25) is 0 Å². The van der Waals surface area contributed by atoms with Gasteiger partial charge in [0.25, 0.3) is 0 Å². The van der Waals surface area contributed by atoms with Gasteiger partial charge in [0.1, 0.15) is 5.82 Å². The van der Waals surface area contributed by atoms with E-state index >= 15 is 0 Å². The van der Waals surface area contributed by atoms with Gasteiger partial charge in [0, 0.05) is 25.0 Å². The summed E-state index contributed by atoms with van der Waals surface area (Å²) in [7, 11) is 0. The molecule has 21 heavy (non-hydrogen) atoms. The van der Waals surface area contributed by atoms with Gasteiger partial charge < -0.3 is 20.1 Å². The lowest BCUT2D eigenvalue weighted by Gasteiger charge is -2.30. The third-order valence-electron chi connectivity index (χ3n) is 4.59. The molecule has 1 fully saturated rings. The third-order valence-corrected chi connectivity index (χ3v) is 4.59. The van der Waals surface area contributed by atoms with Crippen molar-refractivity contribution in [1.29, 1.82) is 0 Å². The van der Waals surface area contributed by atoms with Crippen LogP contribution in [0, 0.1) is 5.41 Å². The summed E-state index contributed by atoms with van der Waals surface area (Å²) in [5.41, 5.74) is 0.967. The summed E-state index contributed by atoms with van der Waals surface area (Å²) in [6.07, 6.45) is 3.80. The molecule has 0 amide bonds. The van der Waals surface area contributed by atoms with Crippen LogP contribution >= 0.6 is 0 Å². The van der Waals surface area contributed by atoms with Crippen molar-refractivity contribution in [1.82, 2.24) is 4.98 Å². The van der Waals surface area contributed by atoms with Crippen molar-refractivity contribution in [3.05, 3.63) is 18.3 Å². The molecule has 0 aromatic carbocycles. The molecule has 2 heterocycles. The van der Waals surface area contributed by atoms with Gasteiger partial charge in [-0.05, 0) is 25.0 Å². The maximum absolute atomic E-state index is 9.59. The van der Waals surface area contributed by atoms with Gasteiger partial charge in [-0.2, -0.15) is 0 Å². The van der Waals surface area contributed by atoms with Gasteiger partial charge in [0.05, 0.1) is 31.7 Å². The molecule has 1 aromatic heterocycles. The van der Waals surface area contributed by atoms with E-state index in [1.807, 2.05) is 12.3 Å². The largest absolute Gasteiger partial charge is 0.396 e. The van der Waals surface area contributed by atoms with E-state index in [-0.39, 0.29) is 12.0 Å². The lowest BCUT2D eigenvalue weighted by atomic mass is 9.83. The first-order valence-corrected chi connectivity index (χ1v) is 7.86. The molecule has 0 aliphatic carbocycles. The highest BCUT2D eigenvalue weighted by atomic mass is 16.5. The molecule has 0 unspecified atom stereocenters. The van der Waals surface area contributed by atoms with Crippen LogP contribution in [0.15, 0.2) is 18.3 Å². The smallest absolute Gasteiger partial charge is 0.128 e. The first-order chi connectivity index (χ1) is 10.2. The van der Waals surface area contributed by atoms with Crippen molar-refractivity contribution in [3.63, 3.8) is 0 Å². The van der Waals surface area contributed by atoms with E-state index in [2.05, 4.69) is 35.1 Å². The van der Waals surface area contributed by atoms with Gasteiger partial charge in [-0.1, -0.05) is 13.8 Å². The molecule has 2 rings (SSSR count). The van der Waals surface area contributed by atoms with E-state index in [0.717, 1.165) is 57.2 Å². The van der Waals surface area contributed by atoms with Gasteiger partial charge in [0.15, 0.2) is 0 Å². The zero-order valence-corrected chi connectivity index (χ0v) is 13.1. The van der Waals surface area contributed by atoms with E-state index in [1.165, 1.54) is 0 Å². The molecular formula is C16H27N3O2. The fourth-order valence-electron chi connectivity index (χ4n) is 2.54. The topological polar surface area (TPSA) is 57.6 Å². The SMILES string of the molecule is CCC(CC)(CO)CNc1ccc(N2CCOCC2)nc1. The molecule has 0 bridgehead atoms. The Kier molecular flexibility index (Phi) is 5.82. The lowest BCUT2D eigenvalue weighted by Crippen LogP contribution is -2.36. The van der Waals surface area contributed by atoms with Gasteiger partial charge in [-0.25, -0.2) is 4.98 Å². The van der Waals surface area contributed by atoms with E-state index in [1.54, 1.807) is 0 Å². The maximum atomic E-state index is 9.59. The number of hydrogen-bond acceptors (Lipinski definition) is 5. The minimum Gasteiger partial charge on any atom is -0.396 e. The third kappa shape index (κ3) is 4.08. The number of nitrogens with one attached hydrogen (secondary N) is 1. The molecule has 1 aliphatic heterocycles. The first-order valence-electron chi connectivity index (χ1n) is 7.86. The lowest BCUT2D eigenvalue weighted by molar-refractivity contribution is 0.122.